The number of likely N-dealkylation sites (tertiary alicyclic amines) is 1. The predicted octanol–water partition coefficient (Wildman–Crippen LogP) is 2.08. The van der Waals surface area contributed by atoms with Crippen molar-refractivity contribution in [1.29, 1.82) is 0 Å². The average molecular weight is 261 g/mol. The van der Waals surface area contributed by atoms with Crippen molar-refractivity contribution < 1.29 is 4.74 Å². The summed E-state index contributed by atoms with van der Waals surface area (Å²) < 4.78 is 5.45. The van der Waals surface area contributed by atoms with Crippen molar-refractivity contribution in [2.45, 2.75) is 25.8 Å². The average Bonchev–Trinajstić information content (AvgIpc) is 2.96. The van der Waals surface area contributed by atoms with Crippen LogP contribution in [0.1, 0.15) is 31.4 Å². The van der Waals surface area contributed by atoms with Crippen molar-refractivity contribution >= 4 is 5.82 Å². The molecule has 0 radical (unpaired) electrons. The monoisotopic (exact) mass is 261 g/mol. The Labute approximate surface area is 115 Å². The van der Waals surface area contributed by atoms with E-state index in [1.807, 2.05) is 6.20 Å². The van der Waals surface area contributed by atoms with Gasteiger partial charge in [-0.2, -0.15) is 0 Å². The second-order valence-corrected chi connectivity index (χ2v) is 5.30. The summed E-state index contributed by atoms with van der Waals surface area (Å²) in [6, 6.07) is 4.89. The van der Waals surface area contributed by atoms with Crippen molar-refractivity contribution in [3.8, 4) is 0 Å². The van der Waals surface area contributed by atoms with E-state index < -0.39 is 0 Å². The fourth-order valence-corrected chi connectivity index (χ4v) is 3.27. The van der Waals surface area contributed by atoms with Crippen LogP contribution in [0.15, 0.2) is 18.3 Å². The van der Waals surface area contributed by atoms with E-state index in [0.29, 0.717) is 6.04 Å². The standard InChI is InChI=1S/C15H23N3O/c1-2-17-8-4-6-14(17)13-5-3-7-16-15(13)18-9-11-19-12-10-18/h3,5,7,14H,2,4,6,8-12H2,1H3. The minimum atomic E-state index is 0.552. The number of rotatable bonds is 3. The second-order valence-electron chi connectivity index (χ2n) is 5.30. The van der Waals surface area contributed by atoms with E-state index in [0.717, 1.165) is 32.8 Å². The van der Waals surface area contributed by atoms with Crippen LogP contribution in [0.2, 0.25) is 0 Å². The van der Waals surface area contributed by atoms with Crippen LogP contribution in [-0.2, 0) is 4.74 Å². The maximum absolute atomic E-state index is 5.45. The molecule has 1 aromatic rings. The Kier molecular flexibility index (Phi) is 3.99. The lowest BCUT2D eigenvalue weighted by atomic mass is 10.0. The van der Waals surface area contributed by atoms with Gasteiger partial charge < -0.3 is 9.64 Å². The van der Waals surface area contributed by atoms with Crippen LogP contribution in [0.5, 0.6) is 0 Å². The molecule has 4 nitrogen and oxygen atoms in total. The first kappa shape index (κ1) is 12.9. The molecule has 0 N–H and O–H groups in total. The largest absolute Gasteiger partial charge is 0.378 e. The fraction of sp³-hybridized carbons (Fsp3) is 0.667. The lowest BCUT2D eigenvalue weighted by Crippen LogP contribution is -2.38. The quantitative estimate of drug-likeness (QED) is 0.833. The van der Waals surface area contributed by atoms with Crippen LogP contribution < -0.4 is 4.90 Å². The highest BCUT2D eigenvalue weighted by Crippen LogP contribution is 2.36. The van der Waals surface area contributed by atoms with E-state index in [2.05, 4.69) is 33.8 Å². The van der Waals surface area contributed by atoms with Crippen molar-refractivity contribution in [2.24, 2.45) is 0 Å². The molecule has 3 rings (SSSR count). The Morgan fingerprint density at radius 3 is 2.95 bits per heavy atom. The molecule has 0 bridgehead atoms. The van der Waals surface area contributed by atoms with Crippen LogP contribution in [0.4, 0.5) is 5.82 Å². The molecule has 0 aromatic carbocycles. The van der Waals surface area contributed by atoms with E-state index in [9.17, 15) is 0 Å². The number of nitrogens with zero attached hydrogens (tertiary/aromatic N) is 3. The highest BCUT2D eigenvalue weighted by atomic mass is 16.5. The molecule has 0 amide bonds. The molecule has 2 saturated heterocycles. The van der Waals surface area contributed by atoms with Gasteiger partial charge in [-0.3, -0.25) is 4.90 Å². The molecular weight excluding hydrogens is 238 g/mol. The number of pyridine rings is 1. The van der Waals surface area contributed by atoms with Crippen molar-refractivity contribution in [3.63, 3.8) is 0 Å². The molecule has 0 aliphatic carbocycles. The minimum absolute atomic E-state index is 0.552. The number of ether oxygens (including phenoxy) is 1. The minimum Gasteiger partial charge on any atom is -0.378 e. The Hall–Kier alpha value is -1.13. The van der Waals surface area contributed by atoms with Gasteiger partial charge in [-0.1, -0.05) is 13.0 Å². The zero-order valence-electron chi connectivity index (χ0n) is 11.7. The summed E-state index contributed by atoms with van der Waals surface area (Å²) in [7, 11) is 0. The zero-order valence-corrected chi connectivity index (χ0v) is 11.7. The highest BCUT2D eigenvalue weighted by Gasteiger charge is 2.28. The summed E-state index contributed by atoms with van der Waals surface area (Å²) in [5.41, 5.74) is 1.41. The van der Waals surface area contributed by atoms with Gasteiger partial charge in [0.2, 0.25) is 0 Å². The first-order valence-corrected chi connectivity index (χ1v) is 7.42. The molecule has 19 heavy (non-hydrogen) atoms. The van der Waals surface area contributed by atoms with Gasteiger partial charge in [0.15, 0.2) is 0 Å². The number of anilines is 1. The third-order valence-corrected chi connectivity index (χ3v) is 4.26. The Morgan fingerprint density at radius 1 is 1.32 bits per heavy atom. The van der Waals surface area contributed by atoms with Gasteiger partial charge in [-0.05, 0) is 32.0 Å². The number of aromatic nitrogens is 1. The molecule has 1 atom stereocenters. The van der Waals surface area contributed by atoms with E-state index in [-0.39, 0.29) is 0 Å². The summed E-state index contributed by atoms with van der Waals surface area (Å²) in [6.07, 6.45) is 4.48. The van der Waals surface area contributed by atoms with Crippen LogP contribution in [0, 0.1) is 0 Å². The summed E-state index contributed by atoms with van der Waals surface area (Å²) in [4.78, 5) is 9.61. The number of morpholine rings is 1. The van der Waals surface area contributed by atoms with Gasteiger partial charge in [-0.25, -0.2) is 4.98 Å². The fourth-order valence-electron chi connectivity index (χ4n) is 3.27. The number of hydrogen-bond acceptors (Lipinski definition) is 4. The highest BCUT2D eigenvalue weighted by molar-refractivity contribution is 5.49. The summed E-state index contributed by atoms with van der Waals surface area (Å²) in [5.74, 6) is 1.18. The van der Waals surface area contributed by atoms with Crippen molar-refractivity contribution in [3.05, 3.63) is 23.9 Å². The molecule has 1 unspecified atom stereocenters. The zero-order chi connectivity index (χ0) is 13.1. The maximum Gasteiger partial charge on any atom is 0.133 e. The molecule has 2 aliphatic heterocycles. The molecule has 3 heterocycles. The first-order chi connectivity index (χ1) is 9.40. The van der Waals surface area contributed by atoms with Crippen LogP contribution in [-0.4, -0.2) is 49.3 Å². The Bertz CT molecular complexity index is 418. The van der Waals surface area contributed by atoms with Gasteiger partial charge in [0, 0.05) is 30.9 Å². The van der Waals surface area contributed by atoms with Gasteiger partial charge in [-0.15, -0.1) is 0 Å². The van der Waals surface area contributed by atoms with E-state index in [1.165, 1.54) is 30.8 Å². The second kappa shape index (κ2) is 5.88. The molecule has 0 spiro atoms. The Morgan fingerprint density at radius 2 is 2.16 bits per heavy atom. The van der Waals surface area contributed by atoms with Gasteiger partial charge >= 0.3 is 0 Å². The lowest BCUT2D eigenvalue weighted by molar-refractivity contribution is 0.122. The van der Waals surface area contributed by atoms with Crippen molar-refractivity contribution in [2.75, 3.05) is 44.3 Å². The van der Waals surface area contributed by atoms with Gasteiger partial charge in [0.1, 0.15) is 5.82 Å². The molecule has 0 saturated carbocycles. The van der Waals surface area contributed by atoms with Crippen LogP contribution in [0.3, 0.4) is 0 Å². The van der Waals surface area contributed by atoms with E-state index in [1.54, 1.807) is 0 Å². The van der Waals surface area contributed by atoms with Gasteiger partial charge in [0.25, 0.3) is 0 Å². The topological polar surface area (TPSA) is 28.6 Å². The number of hydrogen-bond donors (Lipinski definition) is 0. The molecule has 1 aromatic heterocycles. The smallest absolute Gasteiger partial charge is 0.133 e. The molecule has 2 aliphatic rings. The molecule has 2 fully saturated rings. The summed E-state index contributed by atoms with van der Waals surface area (Å²) >= 11 is 0. The van der Waals surface area contributed by atoms with E-state index in [4.69, 9.17) is 4.74 Å². The molecule has 104 valence electrons. The van der Waals surface area contributed by atoms with Crippen LogP contribution >= 0.6 is 0 Å². The lowest BCUT2D eigenvalue weighted by Gasteiger charge is -2.32. The summed E-state index contributed by atoms with van der Waals surface area (Å²) in [6.45, 7) is 8.16. The third-order valence-electron chi connectivity index (χ3n) is 4.26. The third kappa shape index (κ3) is 2.60. The SMILES string of the molecule is CCN1CCCC1c1cccnc1N1CCOCC1. The Balaban J connectivity index is 1.88. The van der Waals surface area contributed by atoms with E-state index >= 15 is 0 Å². The van der Waals surface area contributed by atoms with Crippen molar-refractivity contribution in [1.82, 2.24) is 9.88 Å². The first-order valence-electron chi connectivity index (χ1n) is 7.42. The van der Waals surface area contributed by atoms with Gasteiger partial charge in [0.05, 0.1) is 13.2 Å². The molecule has 4 heteroatoms. The molecular formula is C15H23N3O. The summed E-state index contributed by atoms with van der Waals surface area (Å²) in [5, 5.41) is 0. The van der Waals surface area contributed by atoms with Crippen LogP contribution in [0.25, 0.3) is 0 Å². The maximum atomic E-state index is 5.45. The predicted molar refractivity (Wildman–Crippen MR) is 76.5 cm³/mol. The normalized spacial score (nSPS) is 24.9.